The fraction of sp³-hybridized carbons (Fsp3) is 0.312. The summed E-state index contributed by atoms with van der Waals surface area (Å²) in [5.41, 5.74) is 19.0. The molecule has 0 spiro atoms. The van der Waals surface area contributed by atoms with Gasteiger partial charge in [-0.25, -0.2) is 0 Å². The van der Waals surface area contributed by atoms with Crippen LogP contribution < -0.4 is 5.32 Å². The number of azide groups is 2. The van der Waals surface area contributed by atoms with Crippen molar-refractivity contribution in [3.8, 4) is 0 Å². The van der Waals surface area contributed by atoms with Gasteiger partial charge in [-0.15, -0.1) is 0 Å². The molecule has 10 nitrogen and oxygen atoms in total. The molecule has 0 saturated heterocycles. The lowest BCUT2D eigenvalue weighted by atomic mass is 10.0. The number of furan rings is 1. The highest BCUT2D eigenvalue weighted by molar-refractivity contribution is 5.95. The number of benzene rings is 1. The zero-order valence-corrected chi connectivity index (χ0v) is 13.8. The predicted octanol–water partition coefficient (Wildman–Crippen LogP) is 3.61. The van der Waals surface area contributed by atoms with Crippen LogP contribution in [0.15, 0.2) is 51.4 Å². The van der Waals surface area contributed by atoms with Crippen molar-refractivity contribution in [2.24, 2.45) is 16.1 Å². The van der Waals surface area contributed by atoms with Gasteiger partial charge in [0.25, 0.3) is 5.91 Å². The molecule has 1 heterocycles. The molecule has 2 N–H and O–H groups in total. The van der Waals surface area contributed by atoms with E-state index in [0.717, 1.165) is 5.56 Å². The van der Waals surface area contributed by atoms with Gasteiger partial charge < -0.3 is 14.8 Å². The van der Waals surface area contributed by atoms with Crippen molar-refractivity contribution in [3.05, 3.63) is 74.4 Å². The number of carbonyl (C=O) groups excluding carboxylic acids is 1. The van der Waals surface area contributed by atoms with Crippen LogP contribution in [0.5, 0.6) is 0 Å². The molecule has 1 atom stereocenters. The Morgan fingerprint density at radius 1 is 1.27 bits per heavy atom. The summed E-state index contributed by atoms with van der Waals surface area (Å²) >= 11 is 0. The van der Waals surface area contributed by atoms with Crippen molar-refractivity contribution >= 4 is 11.6 Å². The maximum atomic E-state index is 12.4. The van der Waals surface area contributed by atoms with Crippen molar-refractivity contribution < 1.29 is 14.3 Å². The molecule has 1 unspecified atom stereocenters. The number of aliphatic hydroxyl groups excluding tert-OH is 1. The summed E-state index contributed by atoms with van der Waals surface area (Å²) in [5.74, 6) is -0.549. The van der Waals surface area contributed by atoms with Gasteiger partial charge in [-0.1, -0.05) is 10.2 Å². The van der Waals surface area contributed by atoms with Crippen molar-refractivity contribution in [2.45, 2.75) is 13.0 Å². The maximum Gasteiger partial charge on any atom is 0.251 e. The van der Waals surface area contributed by atoms with E-state index in [1.807, 2.05) is 0 Å². The molecule has 134 valence electrons. The lowest BCUT2D eigenvalue weighted by molar-refractivity contribution is 0.0940. The summed E-state index contributed by atoms with van der Waals surface area (Å²) in [6.07, 6.45) is 3.71. The molecule has 0 radical (unpaired) electrons. The van der Waals surface area contributed by atoms with Crippen LogP contribution in [0.1, 0.15) is 21.5 Å². The van der Waals surface area contributed by atoms with E-state index in [9.17, 15) is 9.90 Å². The van der Waals surface area contributed by atoms with Crippen molar-refractivity contribution in [1.82, 2.24) is 5.32 Å². The van der Waals surface area contributed by atoms with Gasteiger partial charge in [-0.2, -0.15) is 0 Å². The quantitative estimate of drug-likeness (QED) is 0.400. The summed E-state index contributed by atoms with van der Waals surface area (Å²) in [4.78, 5) is 17.8. The second-order valence-electron chi connectivity index (χ2n) is 5.56. The Labute approximate surface area is 148 Å². The molecule has 1 aromatic heterocycles. The first kappa shape index (κ1) is 18.9. The van der Waals surface area contributed by atoms with Gasteiger partial charge in [0.15, 0.2) is 0 Å². The Bertz CT molecular complexity index is 838. The Morgan fingerprint density at radius 2 is 2.12 bits per heavy atom. The molecule has 1 amide bonds. The van der Waals surface area contributed by atoms with Crippen LogP contribution in [-0.2, 0) is 13.0 Å². The van der Waals surface area contributed by atoms with E-state index in [4.69, 9.17) is 15.5 Å². The molecule has 0 aliphatic rings. The summed E-state index contributed by atoms with van der Waals surface area (Å²) in [6, 6.07) is 6.35. The van der Waals surface area contributed by atoms with Gasteiger partial charge >= 0.3 is 0 Å². The average Bonchev–Trinajstić information content (AvgIpc) is 3.16. The molecule has 0 bridgehead atoms. The van der Waals surface area contributed by atoms with Crippen molar-refractivity contribution in [2.75, 3.05) is 13.2 Å². The van der Waals surface area contributed by atoms with E-state index < -0.39 is 0 Å². The third kappa shape index (κ3) is 5.57. The van der Waals surface area contributed by atoms with Crippen LogP contribution in [0, 0.1) is 5.92 Å². The van der Waals surface area contributed by atoms with Gasteiger partial charge in [0, 0.05) is 40.1 Å². The molecule has 0 aliphatic carbocycles. The molecular weight excluding hydrogens is 338 g/mol. The standard InChI is InChI=1S/C16H17N7O3/c17-22-20-8-12-4-14(6-15(5-12)21-23-18)16(25)19-7-13(9-24)3-11-1-2-26-10-11/h1-2,4-6,10,13,24H,3,7-9H2,(H,19,25). The zero-order chi connectivity index (χ0) is 18.8. The number of rotatable bonds is 9. The van der Waals surface area contributed by atoms with E-state index in [0.29, 0.717) is 12.0 Å². The fourth-order valence-electron chi connectivity index (χ4n) is 2.40. The number of amides is 1. The van der Waals surface area contributed by atoms with E-state index in [-0.39, 0.29) is 42.8 Å². The predicted molar refractivity (Wildman–Crippen MR) is 93.4 cm³/mol. The molecule has 0 fully saturated rings. The molecule has 2 rings (SSSR count). The van der Waals surface area contributed by atoms with Crippen molar-refractivity contribution in [3.63, 3.8) is 0 Å². The van der Waals surface area contributed by atoms with Crippen LogP contribution in [-0.4, -0.2) is 24.2 Å². The van der Waals surface area contributed by atoms with E-state index in [2.05, 4.69) is 25.4 Å². The van der Waals surface area contributed by atoms with Gasteiger partial charge in [-0.3, -0.25) is 4.79 Å². The fourth-order valence-corrected chi connectivity index (χ4v) is 2.40. The SMILES string of the molecule is [N-]=[N+]=NCc1cc(N=[N+]=[N-])cc(C(=O)NCC(CO)Cc2ccoc2)c1. The third-order valence-corrected chi connectivity index (χ3v) is 3.63. The summed E-state index contributed by atoms with van der Waals surface area (Å²) in [5, 5.41) is 19.2. The van der Waals surface area contributed by atoms with Gasteiger partial charge in [0.1, 0.15) is 0 Å². The molecule has 0 aliphatic heterocycles. The Hall–Kier alpha value is -3.45. The highest BCUT2D eigenvalue weighted by Gasteiger charge is 2.13. The van der Waals surface area contributed by atoms with Crippen LogP contribution in [0.4, 0.5) is 5.69 Å². The second kappa shape index (κ2) is 9.75. The molecule has 0 saturated carbocycles. The highest BCUT2D eigenvalue weighted by atomic mass is 16.3. The smallest absolute Gasteiger partial charge is 0.251 e. The van der Waals surface area contributed by atoms with Gasteiger partial charge in [-0.05, 0) is 52.9 Å². The number of nitrogens with zero attached hydrogens (tertiary/aromatic N) is 6. The van der Waals surface area contributed by atoms with E-state index in [1.165, 1.54) is 6.07 Å². The number of aliphatic hydroxyl groups is 1. The summed E-state index contributed by atoms with van der Waals surface area (Å²) in [7, 11) is 0. The van der Waals surface area contributed by atoms with E-state index >= 15 is 0 Å². The van der Waals surface area contributed by atoms with Gasteiger partial charge in [0.05, 0.1) is 19.1 Å². The lowest BCUT2D eigenvalue weighted by Gasteiger charge is -2.14. The first-order valence-electron chi connectivity index (χ1n) is 7.76. The molecule has 2 aromatic rings. The largest absolute Gasteiger partial charge is 0.472 e. The minimum Gasteiger partial charge on any atom is -0.472 e. The molecule has 10 heteroatoms. The average molecular weight is 355 g/mol. The molecular formula is C16H17N7O3. The molecule has 26 heavy (non-hydrogen) atoms. The zero-order valence-electron chi connectivity index (χ0n) is 13.8. The Morgan fingerprint density at radius 3 is 2.77 bits per heavy atom. The number of hydrogen-bond donors (Lipinski definition) is 2. The maximum absolute atomic E-state index is 12.4. The first-order valence-corrected chi connectivity index (χ1v) is 7.76. The minimum atomic E-state index is -0.382. The topological polar surface area (TPSA) is 160 Å². The molecule has 1 aromatic carbocycles. The second-order valence-corrected chi connectivity index (χ2v) is 5.56. The minimum absolute atomic E-state index is 0.0331. The number of carbonyl (C=O) groups is 1. The third-order valence-electron chi connectivity index (χ3n) is 3.63. The van der Waals surface area contributed by atoms with Crippen LogP contribution in [0.25, 0.3) is 20.9 Å². The first-order chi connectivity index (χ1) is 12.7. The van der Waals surface area contributed by atoms with Gasteiger partial charge in [0.2, 0.25) is 0 Å². The highest BCUT2D eigenvalue weighted by Crippen LogP contribution is 2.19. The normalized spacial score (nSPS) is 11.1. The Balaban J connectivity index is 2.08. The monoisotopic (exact) mass is 355 g/mol. The van der Waals surface area contributed by atoms with Crippen LogP contribution in [0.3, 0.4) is 0 Å². The number of nitrogens with one attached hydrogen (secondary N) is 1. The lowest BCUT2D eigenvalue weighted by Crippen LogP contribution is -2.31. The number of hydrogen-bond acceptors (Lipinski definition) is 5. The summed E-state index contributed by atoms with van der Waals surface area (Å²) < 4.78 is 4.99. The van der Waals surface area contributed by atoms with Crippen LogP contribution >= 0.6 is 0 Å². The summed E-state index contributed by atoms with van der Waals surface area (Å²) in [6.45, 7) is 0.204. The van der Waals surface area contributed by atoms with E-state index in [1.54, 1.807) is 30.7 Å². The Kier molecular flexibility index (Phi) is 7.08. The van der Waals surface area contributed by atoms with Crippen molar-refractivity contribution in [1.29, 1.82) is 0 Å². The van der Waals surface area contributed by atoms with Crippen LogP contribution in [0.2, 0.25) is 0 Å².